The lowest BCUT2D eigenvalue weighted by atomic mass is 10.1. The van der Waals surface area contributed by atoms with Gasteiger partial charge in [0.25, 0.3) is 0 Å². The molecule has 32 heavy (non-hydrogen) atoms. The van der Waals surface area contributed by atoms with E-state index in [1.54, 1.807) is 12.1 Å². The molecule has 3 heterocycles. The van der Waals surface area contributed by atoms with Gasteiger partial charge in [-0.1, -0.05) is 0 Å². The van der Waals surface area contributed by atoms with Gasteiger partial charge >= 0.3 is 5.97 Å². The molecule has 0 spiro atoms. The quantitative estimate of drug-likeness (QED) is 0.688. The van der Waals surface area contributed by atoms with Crippen LogP contribution < -0.4 is 10.2 Å². The van der Waals surface area contributed by atoms with E-state index in [2.05, 4.69) is 24.5 Å². The zero-order chi connectivity index (χ0) is 23.7. The number of anilines is 2. The smallest absolute Gasteiger partial charge is 0.354 e. The summed E-state index contributed by atoms with van der Waals surface area (Å²) in [5.74, 6) is 0.418. The van der Waals surface area contributed by atoms with E-state index in [9.17, 15) is 14.1 Å². The number of pyridine rings is 1. The number of morpholine rings is 1. The minimum atomic E-state index is -2.47. The summed E-state index contributed by atoms with van der Waals surface area (Å²) in [7, 11) is -2.47. The Morgan fingerprint density at radius 3 is 2.56 bits per heavy atom. The number of aromatic carboxylic acids is 1. The van der Waals surface area contributed by atoms with Crippen molar-refractivity contribution >= 4 is 33.2 Å². The SMILES string of the molecule is CC1COCCN1c1cc(N=S(C)(C)=O)nc(-c2cc(NC(C)(C)C)nc(C(=O)O)c2)n1. The van der Waals surface area contributed by atoms with Crippen molar-refractivity contribution in [3.8, 4) is 11.4 Å². The molecule has 1 atom stereocenters. The summed E-state index contributed by atoms with van der Waals surface area (Å²) >= 11 is 0. The molecule has 10 nitrogen and oxygen atoms in total. The first kappa shape index (κ1) is 23.9. The Hall–Kier alpha value is -2.79. The van der Waals surface area contributed by atoms with Crippen LogP contribution in [0.5, 0.6) is 0 Å². The van der Waals surface area contributed by atoms with Gasteiger partial charge in [-0.3, -0.25) is 0 Å². The third-order valence-electron chi connectivity index (χ3n) is 4.48. The fourth-order valence-corrected chi connectivity index (χ4v) is 3.80. The first-order valence-corrected chi connectivity index (χ1v) is 12.6. The Balaban J connectivity index is 2.19. The maximum atomic E-state index is 12.4. The van der Waals surface area contributed by atoms with Crippen LogP contribution in [0.15, 0.2) is 22.6 Å². The molecule has 0 bridgehead atoms. The molecule has 0 saturated carbocycles. The highest BCUT2D eigenvalue weighted by atomic mass is 32.2. The number of nitrogens with zero attached hydrogens (tertiary/aromatic N) is 5. The van der Waals surface area contributed by atoms with Crippen LogP contribution in [0.4, 0.5) is 17.5 Å². The number of ether oxygens (including phenoxy) is 1. The van der Waals surface area contributed by atoms with Crippen LogP contribution in [0.3, 0.4) is 0 Å². The normalized spacial score (nSPS) is 17.2. The van der Waals surface area contributed by atoms with Gasteiger partial charge in [0.15, 0.2) is 17.3 Å². The number of hydrogen-bond acceptors (Lipinski definition) is 9. The van der Waals surface area contributed by atoms with Crippen molar-refractivity contribution in [3.63, 3.8) is 0 Å². The van der Waals surface area contributed by atoms with Crippen molar-refractivity contribution in [3.05, 3.63) is 23.9 Å². The summed E-state index contributed by atoms with van der Waals surface area (Å²) in [4.78, 5) is 27.2. The second-order valence-electron chi connectivity index (χ2n) is 9.10. The van der Waals surface area contributed by atoms with Crippen molar-refractivity contribution in [2.24, 2.45) is 4.36 Å². The van der Waals surface area contributed by atoms with E-state index in [1.807, 2.05) is 27.7 Å². The summed E-state index contributed by atoms with van der Waals surface area (Å²) in [5.41, 5.74) is 0.0161. The zero-order valence-corrected chi connectivity index (χ0v) is 20.1. The Labute approximate surface area is 188 Å². The van der Waals surface area contributed by atoms with Gasteiger partial charge in [-0.25, -0.2) is 24.0 Å². The van der Waals surface area contributed by atoms with Gasteiger partial charge in [0, 0.05) is 46.0 Å². The van der Waals surface area contributed by atoms with Gasteiger partial charge in [-0.05, 0) is 39.8 Å². The van der Waals surface area contributed by atoms with Gasteiger partial charge in [0.2, 0.25) is 0 Å². The third-order valence-corrected chi connectivity index (χ3v) is 5.11. The minimum absolute atomic E-state index is 0.0806. The molecular formula is C21H30N6O4S. The number of rotatable bonds is 5. The largest absolute Gasteiger partial charge is 0.477 e. The van der Waals surface area contributed by atoms with E-state index in [0.29, 0.717) is 37.0 Å². The van der Waals surface area contributed by atoms with Crippen LogP contribution in [0.25, 0.3) is 11.4 Å². The van der Waals surface area contributed by atoms with E-state index in [-0.39, 0.29) is 28.9 Å². The standard InChI is InChI=1S/C21H30N6O4S/c1-13-12-31-8-7-27(13)18-11-17(26-32(5,6)30)23-19(24-18)14-9-15(20(28)29)22-16(10-14)25-21(2,3)4/h9-11,13H,7-8,12H2,1-6H3,(H,22,25)(H,28,29). The van der Waals surface area contributed by atoms with Crippen LogP contribution in [0.2, 0.25) is 0 Å². The second-order valence-corrected chi connectivity index (χ2v) is 11.6. The lowest BCUT2D eigenvalue weighted by Crippen LogP contribution is -2.44. The molecule has 0 aliphatic carbocycles. The maximum Gasteiger partial charge on any atom is 0.354 e. The lowest BCUT2D eigenvalue weighted by molar-refractivity contribution is 0.0690. The predicted molar refractivity (Wildman–Crippen MR) is 125 cm³/mol. The van der Waals surface area contributed by atoms with Crippen molar-refractivity contribution in [1.29, 1.82) is 0 Å². The monoisotopic (exact) mass is 462 g/mol. The van der Waals surface area contributed by atoms with E-state index in [4.69, 9.17) is 9.72 Å². The van der Waals surface area contributed by atoms with Crippen LogP contribution >= 0.6 is 0 Å². The summed E-state index contributed by atoms with van der Waals surface area (Å²) in [6.07, 6.45) is 3.07. The third kappa shape index (κ3) is 6.36. The molecule has 11 heteroatoms. The van der Waals surface area contributed by atoms with E-state index < -0.39 is 15.7 Å². The van der Waals surface area contributed by atoms with Crippen molar-refractivity contribution in [1.82, 2.24) is 15.0 Å². The van der Waals surface area contributed by atoms with E-state index in [0.717, 1.165) is 0 Å². The fourth-order valence-electron chi connectivity index (χ4n) is 3.26. The molecular weight excluding hydrogens is 432 g/mol. The highest BCUT2D eigenvalue weighted by Crippen LogP contribution is 2.28. The molecule has 2 N–H and O–H groups in total. The number of hydrogen-bond donors (Lipinski definition) is 2. The highest BCUT2D eigenvalue weighted by molar-refractivity contribution is 7.92. The maximum absolute atomic E-state index is 12.4. The minimum Gasteiger partial charge on any atom is -0.477 e. The van der Waals surface area contributed by atoms with Crippen LogP contribution in [-0.2, 0) is 14.5 Å². The number of carboxylic acids is 1. The van der Waals surface area contributed by atoms with Crippen molar-refractivity contribution in [2.75, 3.05) is 42.5 Å². The van der Waals surface area contributed by atoms with Gasteiger partial charge in [0.1, 0.15) is 11.6 Å². The van der Waals surface area contributed by atoms with Gasteiger partial charge in [0.05, 0.1) is 19.3 Å². The van der Waals surface area contributed by atoms with Gasteiger partial charge < -0.3 is 20.1 Å². The highest BCUT2D eigenvalue weighted by Gasteiger charge is 2.23. The number of nitrogens with one attached hydrogen (secondary N) is 1. The molecule has 174 valence electrons. The van der Waals surface area contributed by atoms with Crippen molar-refractivity contribution < 1.29 is 18.8 Å². The predicted octanol–water partition coefficient (Wildman–Crippen LogP) is 3.03. The summed E-state index contributed by atoms with van der Waals surface area (Å²) in [6.45, 7) is 9.65. The Bertz CT molecular complexity index is 1130. The Morgan fingerprint density at radius 2 is 1.97 bits per heavy atom. The summed E-state index contributed by atoms with van der Waals surface area (Å²) in [6, 6.07) is 4.92. The van der Waals surface area contributed by atoms with Gasteiger partial charge in [-0.2, -0.15) is 4.36 Å². The van der Waals surface area contributed by atoms with E-state index in [1.165, 1.54) is 18.6 Å². The number of aromatic nitrogens is 3. The summed E-state index contributed by atoms with van der Waals surface area (Å²) in [5, 5.41) is 12.8. The molecule has 1 unspecified atom stereocenters. The average molecular weight is 463 g/mol. The van der Waals surface area contributed by atoms with Crippen LogP contribution in [-0.4, -0.2) is 74.1 Å². The van der Waals surface area contributed by atoms with Crippen LogP contribution in [0.1, 0.15) is 38.2 Å². The molecule has 3 rings (SSSR count). The molecule has 1 aliphatic heterocycles. The second kappa shape index (κ2) is 8.99. The molecule has 1 fully saturated rings. The molecule has 1 aliphatic rings. The van der Waals surface area contributed by atoms with Crippen molar-refractivity contribution in [2.45, 2.75) is 39.3 Å². The lowest BCUT2D eigenvalue weighted by Gasteiger charge is -2.34. The molecule has 1 saturated heterocycles. The zero-order valence-electron chi connectivity index (χ0n) is 19.2. The fraction of sp³-hybridized carbons (Fsp3) is 0.524. The molecule has 2 aromatic rings. The Kier molecular flexibility index (Phi) is 6.70. The summed E-state index contributed by atoms with van der Waals surface area (Å²) < 4.78 is 22.1. The molecule has 0 aromatic carbocycles. The first-order valence-electron chi connectivity index (χ1n) is 10.3. The molecule has 0 amide bonds. The van der Waals surface area contributed by atoms with Crippen LogP contribution in [0, 0.1) is 0 Å². The molecule has 2 aromatic heterocycles. The molecule has 0 radical (unpaired) electrons. The Morgan fingerprint density at radius 1 is 1.25 bits per heavy atom. The first-order chi connectivity index (χ1) is 14.8. The van der Waals surface area contributed by atoms with E-state index >= 15 is 0 Å². The number of carbonyl (C=O) groups is 1. The van der Waals surface area contributed by atoms with Gasteiger partial charge in [-0.15, -0.1) is 0 Å². The number of carboxylic acid groups (broad SMARTS) is 1. The topological polar surface area (TPSA) is 130 Å². The average Bonchev–Trinajstić information content (AvgIpc) is 2.65.